The van der Waals surface area contributed by atoms with Crippen LogP contribution in [0.5, 0.6) is 5.75 Å². The number of aromatic amines is 1. The van der Waals surface area contributed by atoms with Gasteiger partial charge in [0.2, 0.25) is 0 Å². The molecule has 10 heteroatoms. The fourth-order valence-corrected chi connectivity index (χ4v) is 4.84. The number of pyridine rings is 1. The summed E-state index contributed by atoms with van der Waals surface area (Å²) in [5, 5.41) is 3.38. The van der Waals surface area contributed by atoms with Crippen LogP contribution in [0.15, 0.2) is 24.4 Å². The van der Waals surface area contributed by atoms with Gasteiger partial charge in [-0.3, -0.25) is 4.79 Å². The molecule has 1 aromatic carbocycles. The van der Waals surface area contributed by atoms with Crippen LogP contribution in [0.1, 0.15) is 45.8 Å². The van der Waals surface area contributed by atoms with E-state index in [0.717, 1.165) is 24.6 Å². The first-order valence-electron chi connectivity index (χ1n) is 11.4. The van der Waals surface area contributed by atoms with Crippen LogP contribution < -0.4 is 10.1 Å². The van der Waals surface area contributed by atoms with Gasteiger partial charge in [-0.25, -0.2) is 4.98 Å². The molecule has 6 rings (SSSR count). The molecular formula is C24H23F3N4O3. The zero-order valence-electron chi connectivity index (χ0n) is 18.3. The van der Waals surface area contributed by atoms with Crippen molar-refractivity contribution in [3.8, 4) is 5.75 Å². The molecule has 0 bridgehead atoms. The second kappa shape index (κ2) is 7.90. The molecule has 1 saturated heterocycles. The molecular weight excluding hydrogens is 449 g/mol. The summed E-state index contributed by atoms with van der Waals surface area (Å²) in [5.74, 6) is 1.09. The summed E-state index contributed by atoms with van der Waals surface area (Å²) < 4.78 is 51.8. The van der Waals surface area contributed by atoms with Gasteiger partial charge >= 0.3 is 6.18 Å². The summed E-state index contributed by atoms with van der Waals surface area (Å²) in [6.45, 7) is 2.62. The lowest BCUT2D eigenvalue weighted by molar-refractivity contribution is -0.136. The molecule has 0 spiro atoms. The number of benzene rings is 1. The molecule has 2 aromatic heterocycles. The third-order valence-electron chi connectivity index (χ3n) is 6.65. The van der Waals surface area contributed by atoms with Crippen molar-refractivity contribution in [2.45, 2.75) is 31.4 Å². The number of fused-ring (bicyclic) bond motifs is 2. The Labute approximate surface area is 193 Å². The molecule has 34 heavy (non-hydrogen) atoms. The van der Waals surface area contributed by atoms with Crippen molar-refractivity contribution in [1.82, 2.24) is 14.9 Å². The number of hydrogen-bond donors (Lipinski definition) is 2. The van der Waals surface area contributed by atoms with Crippen LogP contribution in [0.25, 0.3) is 11.0 Å². The smallest absolute Gasteiger partial charge is 0.418 e. The number of hydrogen-bond acceptors (Lipinski definition) is 5. The highest BCUT2D eigenvalue weighted by atomic mass is 19.4. The van der Waals surface area contributed by atoms with Gasteiger partial charge in [-0.15, -0.1) is 0 Å². The number of alkyl halides is 3. The standard InChI is InChI=1S/C24H23F3N4O3/c25-24(26,27)17-12-28-22-20(17)16(13-1-2-13)11-19(30-22)29-18-4-3-15(14-5-8-34-21(14)18)23(32)31-6-9-33-10-7-31/h3-4,11-13H,1-2,5-10H2,(H2,28,29,30). The largest absolute Gasteiger partial charge is 0.491 e. The van der Waals surface area contributed by atoms with Crippen LogP contribution in [-0.2, 0) is 17.3 Å². The molecule has 0 radical (unpaired) electrons. The average Bonchev–Trinajstić information content (AvgIpc) is 3.37. The molecule has 3 aliphatic rings. The molecule has 4 heterocycles. The monoisotopic (exact) mass is 472 g/mol. The first-order chi connectivity index (χ1) is 16.4. The summed E-state index contributed by atoms with van der Waals surface area (Å²) >= 11 is 0. The van der Waals surface area contributed by atoms with Crippen LogP contribution in [0.2, 0.25) is 0 Å². The first-order valence-corrected chi connectivity index (χ1v) is 11.4. The Kier molecular flexibility index (Phi) is 4.94. The highest BCUT2D eigenvalue weighted by Crippen LogP contribution is 2.47. The first kappa shape index (κ1) is 21.3. The maximum absolute atomic E-state index is 13.5. The molecule has 178 valence electrons. The number of ether oxygens (including phenoxy) is 2. The number of amides is 1. The van der Waals surface area contributed by atoms with Gasteiger partial charge in [0.15, 0.2) is 0 Å². The van der Waals surface area contributed by atoms with E-state index in [4.69, 9.17) is 9.47 Å². The summed E-state index contributed by atoms with van der Waals surface area (Å²) in [4.78, 5) is 22.0. The zero-order valence-corrected chi connectivity index (χ0v) is 18.3. The Morgan fingerprint density at radius 1 is 1.18 bits per heavy atom. The highest BCUT2D eigenvalue weighted by Gasteiger charge is 2.37. The summed E-state index contributed by atoms with van der Waals surface area (Å²) in [6.07, 6.45) is -1.13. The predicted molar refractivity (Wildman–Crippen MR) is 119 cm³/mol. The Bertz CT molecular complexity index is 1280. The third kappa shape index (κ3) is 3.66. The van der Waals surface area contributed by atoms with E-state index in [1.54, 1.807) is 23.1 Å². The normalized spacial score (nSPS) is 18.1. The molecule has 0 unspecified atom stereocenters. The number of carbonyl (C=O) groups is 1. The average molecular weight is 472 g/mol. The second-order valence-corrected chi connectivity index (χ2v) is 8.89. The van der Waals surface area contributed by atoms with E-state index in [0.29, 0.717) is 67.7 Å². The number of carbonyl (C=O) groups excluding carboxylic acids is 1. The van der Waals surface area contributed by atoms with Crippen molar-refractivity contribution in [2.75, 3.05) is 38.2 Å². The fourth-order valence-electron chi connectivity index (χ4n) is 4.84. The molecule has 1 aliphatic carbocycles. The van der Waals surface area contributed by atoms with Crippen molar-refractivity contribution in [1.29, 1.82) is 0 Å². The van der Waals surface area contributed by atoms with Crippen LogP contribution >= 0.6 is 0 Å². The number of halogens is 3. The van der Waals surface area contributed by atoms with Crippen LogP contribution in [0.3, 0.4) is 0 Å². The minimum Gasteiger partial charge on any atom is -0.491 e. The van der Waals surface area contributed by atoms with E-state index >= 15 is 0 Å². The van der Waals surface area contributed by atoms with Gasteiger partial charge in [-0.1, -0.05) is 0 Å². The van der Waals surface area contributed by atoms with Crippen LogP contribution in [0.4, 0.5) is 24.7 Å². The van der Waals surface area contributed by atoms with E-state index < -0.39 is 11.7 Å². The topological polar surface area (TPSA) is 79.5 Å². The lowest BCUT2D eigenvalue weighted by atomic mass is 10.0. The van der Waals surface area contributed by atoms with E-state index in [-0.39, 0.29) is 22.9 Å². The second-order valence-electron chi connectivity index (χ2n) is 8.89. The number of rotatable bonds is 4. The lowest BCUT2D eigenvalue weighted by Gasteiger charge is -2.27. The quantitative estimate of drug-likeness (QED) is 0.580. The van der Waals surface area contributed by atoms with Crippen molar-refractivity contribution >= 4 is 28.4 Å². The number of anilines is 2. The molecule has 1 amide bonds. The van der Waals surface area contributed by atoms with Crippen molar-refractivity contribution < 1.29 is 27.4 Å². The molecule has 7 nitrogen and oxygen atoms in total. The van der Waals surface area contributed by atoms with E-state index in [1.165, 1.54) is 0 Å². The number of aromatic nitrogens is 2. The number of H-pyrrole nitrogens is 1. The van der Waals surface area contributed by atoms with Gasteiger partial charge in [0.25, 0.3) is 5.91 Å². The summed E-state index contributed by atoms with van der Waals surface area (Å²) in [7, 11) is 0. The van der Waals surface area contributed by atoms with Gasteiger partial charge < -0.3 is 24.7 Å². The number of nitrogens with one attached hydrogen (secondary N) is 2. The minimum atomic E-state index is -4.45. The van der Waals surface area contributed by atoms with Crippen molar-refractivity contribution in [3.05, 3.63) is 46.6 Å². The number of morpholine rings is 1. The Morgan fingerprint density at radius 2 is 1.97 bits per heavy atom. The zero-order chi connectivity index (χ0) is 23.4. The SMILES string of the molecule is O=C(c1ccc(Nc2cc(C3CC3)c3c(C(F)(F)F)c[nH]c3n2)c2c1CCO2)N1CCOCC1. The Balaban J connectivity index is 1.35. The lowest BCUT2D eigenvalue weighted by Crippen LogP contribution is -2.41. The van der Waals surface area contributed by atoms with E-state index in [9.17, 15) is 18.0 Å². The molecule has 1 saturated carbocycles. The predicted octanol–water partition coefficient (Wildman–Crippen LogP) is 4.61. The summed E-state index contributed by atoms with van der Waals surface area (Å²) in [5.41, 5.74) is 2.26. The highest BCUT2D eigenvalue weighted by molar-refractivity contribution is 5.98. The van der Waals surface area contributed by atoms with Crippen molar-refractivity contribution in [3.63, 3.8) is 0 Å². The van der Waals surface area contributed by atoms with Crippen molar-refractivity contribution in [2.24, 2.45) is 0 Å². The van der Waals surface area contributed by atoms with Crippen LogP contribution in [-0.4, -0.2) is 53.7 Å². The van der Waals surface area contributed by atoms with Crippen LogP contribution in [0, 0.1) is 0 Å². The number of nitrogens with zero attached hydrogens (tertiary/aromatic N) is 2. The molecule has 2 N–H and O–H groups in total. The summed E-state index contributed by atoms with van der Waals surface area (Å²) in [6, 6.07) is 5.26. The molecule has 3 aromatic rings. The van der Waals surface area contributed by atoms with E-state index in [2.05, 4.69) is 15.3 Å². The molecule has 2 aliphatic heterocycles. The van der Waals surface area contributed by atoms with Gasteiger partial charge in [0, 0.05) is 42.2 Å². The van der Waals surface area contributed by atoms with Gasteiger partial charge in [-0.05, 0) is 42.5 Å². The Morgan fingerprint density at radius 3 is 2.71 bits per heavy atom. The maximum atomic E-state index is 13.5. The fraction of sp³-hybridized carbons (Fsp3) is 0.417. The molecule has 0 atom stereocenters. The van der Waals surface area contributed by atoms with E-state index in [1.807, 2.05) is 0 Å². The third-order valence-corrected chi connectivity index (χ3v) is 6.65. The molecule has 2 fully saturated rings. The van der Waals surface area contributed by atoms with Gasteiger partial charge in [0.05, 0.1) is 31.1 Å². The minimum absolute atomic E-state index is 0.0433. The van der Waals surface area contributed by atoms with Gasteiger partial charge in [0.1, 0.15) is 17.2 Å². The van der Waals surface area contributed by atoms with Gasteiger partial charge in [-0.2, -0.15) is 13.2 Å². The maximum Gasteiger partial charge on any atom is 0.418 e. The Hall–Kier alpha value is -3.27.